The molecule has 0 bridgehead atoms. The van der Waals surface area contributed by atoms with E-state index in [4.69, 9.17) is 9.47 Å². The number of esters is 2. The summed E-state index contributed by atoms with van der Waals surface area (Å²) < 4.78 is 13.3. The second-order valence-electron chi connectivity index (χ2n) is 8.55. The first-order chi connectivity index (χ1) is 17.8. The fraction of sp³-hybridized carbons (Fsp3) is 0.0667. The third-order valence-corrected chi connectivity index (χ3v) is 7.16. The van der Waals surface area contributed by atoms with E-state index in [1.165, 1.54) is 0 Å². The van der Waals surface area contributed by atoms with Crippen molar-refractivity contribution in [2.75, 3.05) is 11.9 Å². The normalized spacial score (nSPS) is 11.8. The number of nitrogens with zero attached hydrogens (tertiary/aromatic N) is 1. The Labute approximate surface area is 231 Å². The van der Waals surface area contributed by atoms with Gasteiger partial charge >= 0.3 is 11.9 Å². The Kier molecular flexibility index (Phi) is 7.00. The van der Waals surface area contributed by atoms with Crippen LogP contribution in [0.4, 0.5) is 5.69 Å². The van der Waals surface area contributed by atoms with Crippen molar-refractivity contribution < 1.29 is 19.1 Å². The summed E-state index contributed by atoms with van der Waals surface area (Å²) in [5.74, 6) is -0.765. The molecule has 0 aromatic heterocycles. The number of rotatable bonds is 5. The average molecular weight is 619 g/mol. The van der Waals surface area contributed by atoms with E-state index >= 15 is 0 Å². The molecule has 1 aliphatic heterocycles. The number of ether oxygens (including phenoxy) is 2. The number of halogens is 2. The van der Waals surface area contributed by atoms with Gasteiger partial charge < -0.3 is 14.4 Å². The van der Waals surface area contributed by atoms with E-state index in [1.807, 2.05) is 31.3 Å². The smallest absolute Gasteiger partial charge is 0.343 e. The van der Waals surface area contributed by atoms with E-state index in [0.29, 0.717) is 17.7 Å². The summed E-state index contributed by atoms with van der Waals surface area (Å²) in [7, 11) is 2.00. The van der Waals surface area contributed by atoms with E-state index in [-0.39, 0.29) is 11.5 Å². The van der Waals surface area contributed by atoms with Gasteiger partial charge in [0.2, 0.25) is 0 Å². The Balaban J connectivity index is 1.59. The van der Waals surface area contributed by atoms with Crippen LogP contribution in [0, 0.1) is 0 Å². The lowest BCUT2D eigenvalue weighted by atomic mass is 9.91. The highest BCUT2D eigenvalue weighted by Gasteiger charge is 2.26. The molecule has 7 heteroatoms. The summed E-state index contributed by atoms with van der Waals surface area (Å²) in [6.45, 7) is 4.53. The van der Waals surface area contributed by atoms with Crippen molar-refractivity contribution in [2.45, 2.75) is 6.54 Å². The van der Waals surface area contributed by atoms with Crippen molar-refractivity contribution in [1.29, 1.82) is 0 Å². The van der Waals surface area contributed by atoms with Crippen LogP contribution < -0.4 is 14.4 Å². The zero-order valence-corrected chi connectivity index (χ0v) is 23.0. The Morgan fingerprint density at radius 2 is 1.35 bits per heavy atom. The van der Waals surface area contributed by atoms with Crippen LogP contribution in [0.1, 0.15) is 31.8 Å². The van der Waals surface area contributed by atoms with E-state index < -0.39 is 11.9 Å². The number of anilines is 1. The molecule has 0 fully saturated rings. The molecule has 0 aliphatic carbocycles. The maximum atomic E-state index is 13.0. The minimum absolute atomic E-state index is 0.164. The number of para-hydroxylation sites is 1. The predicted octanol–water partition coefficient (Wildman–Crippen LogP) is 7.91. The van der Waals surface area contributed by atoms with E-state index in [9.17, 15) is 9.59 Å². The molecule has 1 heterocycles. The van der Waals surface area contributed by atoms with Crippen molar-refractivity contribution in [1.82, 2.24) is 0 Å². The van der Waals surface area contributed by atoms with Gasteiger partial charge in [0.1, 0.15) is 0 Å². The third kappa shape index (κ3) is 5.10. The molecule has 0 saturated heterocycles. The van der Waals surface area contributed by atoms with Crippen LogP contribution in [0.15, 0.2) is 94.4 Å². The quantitative estimate of drug-likeness (QED) is 0.168. The highest BCUT2D eigenvalue weighted by molar-refractivity contribution is 9.10. The first kappa shape index (κ1) is 25.0. The van der Waals surface area contributed by atoms with Gasteiger partial charge in [0.05, 0.1) is 16.8 Å². The fourth-order valence-corrected chi connectivity index (χ4v) is 4.87. The van der Waals surface area contributed by atoms with Crippen molar-refractivity contribution in [3.63, 3.8) is 0 Å². The fourth-order valence-electron chi connectivity index (χ4n) is 4.34. The third-order valence-electron chi connectivity index (χ3n) is 6.10. The Morgan fingerprint density at radius 3 is 1.89 bits per heavy atom. The molecule has 0 saturated carbocycles. The van der Waals surface area contributed by atoms with E-state index in [1.54, 1.807) is 60.7 Å². The molecule has 1 aliphatic rings. The van der Waals surface area contributed by atoms with Gasteiger partial charge in [-0.3, -0.25) is 0 Å². The van der Waals surface area contributed by atoms with Gasteiger partial charge in [0, 0.05) is 28.1 Å². The maximum absolute atomic E-state index is 13.0. The van der Waals surface area contributed by atoms with Gasteiger partial charge in [0.15, 0.2) is 11.5 Å². The zero-order chi connectivity index (χ0) is 26.1. The summed E-state index contributed by atoms with van der Waals surface area (Å²) in [6.07, 6.45) is 1.82. The van der Waals surface area contributed by atoms with Gasteiger partial charge in [-0.05, 0) is 77.4 Å². The van der Waals surface area contributed by atoms with Crippen molar-refractivity contribution >= 4 is 55.6 Å². The Hall–Kier alpha value is -3.68. The summed E-state index contributed by atoms with van der Waals surface area (Å²) in [4.78, 5) is 28.1. The zero-order valence-electron chi connectivity index (χ0n) is 19.8. The molecule has 37 heavy (non-hydrogen) atoms. The monoisotopic (exact) mass is 617 g/mol. The Bertz CT molecular complexity index is 1530. The van der Waals surface area contributed by atoms with Gasteiger partial charge in [-0.25, -0.2) is 9.59 Å². The number of carbonyl (C=O) groups excluding carboxylic acids is 2. The Morgan fingerprint density at radius 1 is 0.811 bits per heavy atom. The largest absolute Gasteiger partial charge is 0.419 e. The van der Waals surface area contributed by atoms with Gasteiger partial charge in [-0.15, -0.1) is 0 Å². The van der Waals surface area contributed by atoms with Crippen molar-refractivity contribution in [2.24, 2.45) is 0 Å². The molecule has 4 aromatic carbocycles. The van der Waals surface area contributed by atoms with E-state index in [2.05, 4.69) is 43.3 Å². The second-order valence-corrected chi connectivity index (χ2v) is 10.4. The molecule has 5 nitrogen and oxygen atoms in total. The molecule has 0 unspecified atom stereocenters. The summed E-state index contributed by atoms with van der Waals surface area (Å²) in [6, 6.07) is 23.3. The van der Waals surface area contributed by atoms with Crippen LogP contribution >= 0.6 is 31.9 Å². The molecule has 0 atom stereocenters. The van der Waals surface area contributed by atoms with Crippen LogP contribution in [0.25, 0.3) is 17.2 Å². The van der Waals surface area contributed by atoms with Crippen molar-refractivity contribution in [3.05, 3.63) is 117 Å². The lowest BCUT2D eigenvalue weighted by Gasteiger charge is -2.31. The first-order valence-electron chi connectivity index (χ1n) is 11.4. The van der Waals surface area contributed by atoms with E-state index in [0.717, 1.165) is 36.9 Å². The summed E-state index contributed by atoms with van der Waals surface area (Å²) >= 11 is 6.75. The van der Waals surface area contributed by atoms with Crippen LogP contribution in [0.3, 0.4) is 0 Å². The lowest BCUT2D eigenvalue weighted by Crippen LogP contribution is -2.23. The SMILES string of the molecule is C=Cc1cccc2c1N(C)Cc1cc(OC(=O)c3ccc(Br)cc3)c(OC(=O)c3ccc(Br)cc3)cc1-2. The minimum atomic E-state index is -0.554. The molecular formula is C30H21Br2NO4. The molecular weight excluding hydrogens is 598 g/mol. The van der Waals surface area contributed by atoms with Gasteiger partial charge in [-0.1, -0.05) is 62.7 Å². The molecule has 0 amide bonds. The van der Waals surface area contributed by atoms with Crippen molar-refractivity contribution in [3.8, 4) is 22.6 Å². The van der Waals surface area contributed by atoms with Crippen LogP contribution in [-0.2, 0) is 6.54 Å². The second kappa shape index (κ2) is 10.4. The number of carbonyl (C=O) groups is 2. The number of benzene rings is 4. The topological polar surface area (TPSA) is 55.8 Å². The molecule has 4 aromatic rings. The number of hydrogen-bond acceptors (Lipinski definition) is 5. The summed E-state index contributed by atoms with van der Waals surface area (Å²) in [5, 5.41) is 0. The highest BCUT2D eigenvalue weighted by atomic mass is 79.9. The molecule has 0 radical (unpaired) electrons. The van der Waals surface area contributed by atoms with Gasteiger partial charge in [0.25, 0.3) is 0 Å². The number of fused-ring (bicyclic) bond motifs is 3. The van der Waals surface area contributed by atoms with Gasteiger partial charge in [-0.2, -0.15) is 0 Å². The predicted molar refractivity (Wildman–Crippen MR) is 152 cm³/mol. The average Bonchev–Trinajstić information content (AvgIpc) is 2.89. The van der Waals surface area contributed by atoms with Crippen LogP contribution in [0.5, 0.6) is 11.5 Å². The molecule has 0 spiro atoms. The minimum Gasteiger partial charge on any atom is -0.419 e. The standard InChI is InChI=1S/C30H21Br2NO4/c1-3-18-5-4-6-24-25-16-27(37-30(35)20-9-13-23(32)14-10-20)26(15-21(25)17-33(2)28(18)24)36-29(34)19-7-11-22(31)12-8-19/h3-16H,1,17H2,2H3. The molecule has 0 N–H and O–H groups in total. The maximum Gasteiger partial charge on any atom is 0.343 e. The summed E-state index contributed by atoms with van der Waals surface area (Å²) in [5.41, 5.74) is 5.62. The van der Waals surface area contributed by atoms with Crippen LogP contribution in [0.2, 0.25) is 0 Å². The molecule has 184 valence electrons. The molecule has 5 rings (SSSR count). The van der Waals surface area contributed by atoms with Crippen LogP contribution in [-0.4, -0.2) is 19.0 Å². The number of hydrogen-bond donors (Lipinski definition) is 0. The first-order valence-corrected chi connectivity index (χ1v) is 13.0. The lowest BCUT2D eigenvalue weighted by molar-refractivity contribution is 0.0682. The highest BCUT2D eigenvalue weighted by Crippen LogP contribution is 2.45.